The van der Waals surface area contributed by atoms with Crippen LogP contribution in [0.3, 0.4) is 0 Å². The zero-order valence-corrected chi connectivity index (χ0v) is 12.9. The Labute approximate surface area is 129 Å². The maximum absolute atomic E-state index is 12.0. The Kier molecular flexibility index (Phi) is 5.31. The van der Waals surface area contributed by atoms with E-state index in [4.69, 9.17) is 16.3 Å². The van der Waals surface area contributed by atoms with E-state index in [0.717, 1.165) is 31.2 Å². The summed E-state index contributed by atoms with van der Waals surface area (Å²) in [5, 5.41) is 15.8. The molecule has 2 rings (SSSR count). The molecular formula is C15H21ClN2O3. The highest BCUT2D eigenvalue weighted by molar-refractivity contribution is 6.30. The molecule has 0 saturated heterocycles. The van der Waals surface area contributed by atoms with Crippen LogP contribution in [0.1, 0.15) is 31.2 Å². The fraction of sp³-hybridized carbons (Fsp3) is 0.533. The van der Waals surface area contributed by atoms with Gasteiger partial charge in [-0.2, -0.15) is 0 Å². The normalized spacial score (nSPS) is 16.5. The predicted octanol–water partition coefficient (Wildman–Crippen LogP) is 2.45. The summed E-state index contributed by atoms with van der Waals surface area (Å²) in [6, 6.07) is 5.01. The maximum Gasteiger partial charge on any atom is 0.315 e. The van der Waals surface area contributed by atoms with Gasteiger partial charge in [-0.3, -0.25) is 0 Å². The summed E-state index contributed by atoms with van der Waals surface area (Å²) in [6.07, 6.45) is 3.71. The topological polar surface area (TPSA) is 70.6 Å². The van der Waals surface area contributed by atoms with Crippen molar-refractivity contribution in [2.75, 3.05) is 13.7 Å². The zero-order chi connectivity index (χ0) is 15.3. The van der Waals surface area contributed by atoms with E-state index in [1.54, 1.807) is 19.2 Å². The van der Waals surface area contributed by atoms with Gasteiger partial charge in [0.05, 0.1) is 19.3 Å². The molecule has 0 aliphatic heterocycles. The van der Waals surface area contributed by atoms with E-state index < -0.39 is 5.54 Å². The summed E-state index contributed by atoms with van der Waals surface area (Å²) in [4.78, 5) is 12.0. The van der Waals surface area contributed by atoms with E-state index in [1.165, 1.54) is 0 Å². The summed E-state index contributed by atoms with van der Waals surface area (Å²) < 4.78 is 5.24. The average Bonchev–Trinajstić information content (AvgIpc) is 2.94. The second-order valence-corrected chi connectivity index (χ2v) is 5.85. The summed E-state index contributed by atoms with van der Waals surface area (Å²) in [5.41, 5.74) is 0.385. The van der Waals surface area contributed by atoms with Gasteiger partial charge in [0.2, 0.25) is 0 Å². The first kappa shape index (κ1) is 15.9. The van der Waals surface area contributed by atoms with Gasteiger partial charge in [-0.25, -0.2) is 4.79 Å². The van der Waals surface area contributed by atoms with E-state index in [2.05, 4.69) is 10.6 Å². The SMILES string of the molecule is COc1cc(Cl)ccc1CNC(=O)NC1(CO)CCCC1. The number of hydrogen-bond acceptors (Lipinski definition) is 3. The molecule has 1 aliphatic carbocycles. The van der Waals surface area contributed by atoms with Gasteiger partial charge < -0.3 is 20.5 Å². The summed E-state index contributed by atoms with van der Waals surface area (Å²) in [7, 11) is 1.56. The number of hydrogen-bond donors (Lipinski definition) is 3. The highest BCUT2D eigenvalue weighted by atomic mass is 35.5. The fourth-order valence-corrected chi connectivity index (χ4v) is 2.86. The third-order valence-electron chi connectivity index (χ3n) is 3.93. The van der Waals surface area contributed by atoms with E-state index in [0.29, 0.717) is 17.3 Å². The molecule has 5 nitrogen and oxygen atoms in total. The van der Waals surface area contributed by atoms with Gasteiger partial charge in [-0.05, 0) is 25.0 Å². The van der Waals surface area contributed by atoms with Gasteiger partial charge in [0.1, 0.15) is 5.75 Å². The molecule has 1 aliphatic rings. The number of ether oxygens (including phenoxy) is 1. The maximum atomic E-state index is 12.0. The number of carbonyl (C=O) groups excluding carboxylic acids is 1. The summed E-state index contributed by atoms with van der Waals surface area (Å²) in [6.45, 7) is 0.318. The molecule has 0 radical (unpaired) electrons. The van der Waals surface area contributed by atoms with E-state index >= 15 is 0 Å². The standard InChI is InChI=1S/C15H21ClN2O3/c1-21-13-8-12(16)5-4-11(13)9-17-14(20)18-15(10-19)6-2-3-7-15/h4-5,8,19H,2-3,6-7,9-10H2,1H3,(H2,17,18,20). The van der Waals surface area contributed by atoms with Crippen LogP contribution < -0.4 is 15.4 Å². The number of aliphatic hydroxyl groups excluding tert-OH is 1. The molecule has 0 heterocycles. The van der Waals surface area contributed by atoms with Crippen LogP contribution >= 0.6 is 11.6 Å². The summed E-state index contributed by atoms with van der Waals surface area (Å²) >= 11 is 5.90. The van der Waals surface area contributed by atoms with Crippen molar-refractivity contribution in [1.29, 1.82) is 0 Å². The summed E-state index contributed by atoms with van der Waals surface area (Å²) in [5.74, 6) is 0.639. The number of halogens is 1. The molecule has 1 aromatic carbocycles. The van der Waals surface area contributed by atoms with Gasteiger partial charge in [0.25, 0.3) is 0 Å². The van der Waals surface area contributed by atoms with Crippen molar-refractivity contribution in [3.63, 3.8) is 0 Å². The van der Waals surface area contributed by atoms with Gasteiger partial charge in [-0.15, -0.1) is 0 Å². The van der Waals surface area contributed by atoms with Crippen molar-refractivity contribution in [2.45, 2.75) is 37.8 Å². The van der Waals surface area contributed by atoms with Crippen LogP contribution in [0.25, 0.3) is 0 Å². The second-order valence-electron chi connectivity index (χ2n) is 5.41. The lowest BCUT2D eigenvalue weighted by atomic mass is 9.99. The Morgan fingerprint density at radius 3 is 2.76 bits per heavy atom. The Morgan fingerprint density at radius 1 is 1.43 bits per heavy atom. The first-order valence-corrected chi connectivity index (χ1v) is 7.46. The number of urea groups is 1. The minimum Gasteiger partial charge on any atom is -0.496 e. The predicted molar refractivity (Wildman–Crippen MR) is 81.7 cm³/mol. The van der Waals surface area contributed by atoms with Gasteiger partial charge in [-0.1, -0.05) is 30.5 Å². The lowest BCUT2D eigenvalue weighted by Crippen LogP contribution is -2.52. The first-order valence-electron chi connectivity index (χ1n) is 7.08. The molecular weight excluding hydrogens is 292 g/mol. The van der Waals surface area contributed by atoms with Crippen molar-refractivity contribution < 1.29 is 14.6 Å². The number of benzene rings is 1. The monoisotopic (exact) mass is 312 g/mol. The van der Waals surface area contributed by atoms with Crippen LogP contribution in [0.15, 0.2) is 18.2 Å². The lowest BCUT2D eigenvalue weighted by molar-refractivity contribution is 0.162. The Morgan fingerprint density at radius 2 is 2.14 bits per heavy atom. The lowest BCUT2D eigenvalue weighted by Gasteiger charge is -2.28. The highest BCUT2D eigenvalue weighted by Gasteiger charge is 2.34. The van der Waals surface area contributed by atoms with E-state index in [-0.39, 0.29) is 12.6 Å². The third kappa shape index (κ3) is 4.02. The molecule has 1 saturated carbocycles. The molecule has 1 aromatic rings. The van der Waals surface area contributed by atoms with Crippen LogP contribution in [0.4, 0.5) is 4.79 Å². The number of methoxy groups -OCH3 is 1. The van der Waals surface area contributed by atoms with Crippen LogP contribution in [0.2, 0.25) is 5.02 Å². The van der Waals surface area contributed by atoms with E-state index in [9.17, 15) is 9.90 Å². The van der Waals surface area contributed by atoms with E-state index in [1.807, 2.05) is 6.07 Å². The van der Waals surface area contributed by atoms with Gasteiger partial charge >= 0.3 is 6.03 Å². The fourth-order valence-electron chi connectivity index (χ4n) is 2.70. The van der Waals surface area contributed by atoms with Crippen LogP contribution in [0.5, 0.6) is 5.75 Å². The second kappa shape index (κ2) is 7.00. The molecule has 0 aromatic heterocycles. The molecule has 6 heteroatoms. The number of rotatable bonds is 5. The average molecular weight is 313 g/mol. The van der Waals surface area contributed by atoms with Crippen LogP contribution in [-0.4, -0.2) is 30.4 Å². The molecule has 21 heavy (non-hydrogen) atoms. The first-order chi connectivity index (χ1) is 10.1. The molecule has 116 valence electrons. The van der Waals surface area contributed by atoms with Crippen molar-refractivity contribution in [3.8, 4) is 5.75 Å². The molecule has 0 bridgehead atoms. The van der Waals surface area contributed by atoms with Crippen LogP contribution in [-0.2, 0) is 6.54 Å². The molecule has 0 spiro atoms. The van der Waals surface area contributed by atoms with Crippen molar-refractivity contribution >= 4 is 17.6 Å². The quantitative estimate of drug-likeness (QED) is 0.782. The molecule has 0 atom stereocenters. The molecule has 2 amide bonds. The molecule has 3 N–H and O–H groups in total. The Hall–Kier alpha value is -1.46. The number of amides is 2. The number of aliphatic hydroxyl groups is 1. The minimum absolute atomic E-state index is 0.0231. The van der Waals surface area contributed by atoms with Gasteiger partial charge in [0, 0.05) is 17.1 Å². The minimum atomic E-state index is -0.464. The number of nitrogens with one attached hydrogen (secondary N) is 2. The highest BCUT2D eigenvalue weighted by Crippen LogP contribution is 2.29. The van der Waals surface area contributed by atoms with Crippen LogP contribution in [0, 0.1) is 0 Å². The third-order valence-corrected chi connectivity index (χ3v) is 4.17. The van der Waals surface area contributed by atoms with Crippen molar-refractivity contribution in [2.24, 2.45) is 0 Å². The number of carbonyl (C=O) groups is 1. The zero-order valence-electron chi connectivity index (χ0n) is 12.1. The Balaban J connectivity index is 1.92. The Bertz CT molecular complexity index is 502. The van der Waals surface area contributed by atoms with Crippen molar-refractivity contribution in [3.05, 3.63) is 28.8 Å². The molecule has 1 fully saturated rings. The van der Waals surface area contributed by atoms with Crippen molar-refractivity contribution in [1.82, 2.24) is 10.6 Å². The molecule has 0 unspecified atom stereocenters. The smallest absolute Gasteiger partial charge is 0.315 e. The van der Waals surface area contributed by atoms with Gasteiger partial charge in [0.15, 0.2) is 0 Å². The largest absolute Gasteiger partial charge is 0.496 e.